The van der Waals surface area contributed by atoms with E-state index in [0.717, 1.165) is 19.4 Å². The van der Waals surface area contributed by atoms with E-state index in [1.54, 1.807) is 4.90 Å². The molecule has 2 saturated heterocycles. The SMILES string of the molecule is CCNC(=O)C1COCCN1C(=O)C1CC(C)CCN1. The van der Waals surface area contributed by atoms with Crippen LogP contribution in [0.4, 0.5) is 0 Å². The van der Waals surface area contributed by atoms with Crippen LogP contribution < -0.4 is 10.6 Å². The Morgan fingerprint density at radius 2 is 2.25 bits per heavy atom. The first-order chi connectivity index (χ1) is 9.63. The first-order valence-corrected chi connectivity index (χ1v) is 7.52. The average molecular weight is 283 g/mol. The third kappa shape index (κ3) is 3.49. The Kier molecular flexibility index (Phi) is 5.37. The maximum atomic E-state index is 12.6. The molecule has 0 radical (unpaired) electrons. The molecule has 0 aromatic rings. The highest BCUT2D eigenvalue weighted by Gasteiger charge is 2.36. The summed E-state index contributed by atoms with van der Waals surface area (Å²) in [6.45, 7) is 6.76. The second-order valence-corrected chi connectivity index (χ2v) is 5.65. The van der Waals surface area contributed by atoms with E-state index in [0.29, 0.717) is 32.2 Å². The zero-order valence-electron chi connectivity index (χ0n) is 12.4. The minimum Gasteiger partial charge on any atom is -0.377 e. The van der Waals surface area contributed by atoms with Gasteiger partial charge in [0.1, 0.15) is 6.04 Å². The van der Waals surface area contributed by atoms with E-state index in [-0.39, 0.29) is 17.9 Å². The molecule has 3 unspecified atom stereocenters. The van der Waals surface area contributed by atoms with Crippen LogP contribution in [0.15, 0.2) is 0 Å². The fraction of sp³-hybridized carbons (Fsp3) is 0.857. The largest absolute Gasteiger partial charge is 0.377 e. The molecule has 0 bridgehead atoms. The third-order valence-electron chi connectivity index (χ3n) is 4.03. The maximum absolute atomic E-state index is 12.6. The second-order valence-electron chi connectivity index (χ2n) is 5.65. The van der Waals surface area contributed by atoms with Gasteiger partial charge in [0.2, 0.25) is 11.8 Å². The zero-order valence-corrected chi connectivity index (χ0v) is 12.4. The summed E-state index contributed by atoms with van der Waals surface area (Å²) in [5, 5.41) is 6.05. The van der Waals surface area contributed by atoms with E-state index in [4.69, 9.17) is 4.74 Å². The molecular weight excluding hydrogens is 258 g/mol. The first kappa shape index (κ1) is 15.3. The molecule has 2 amide bonds. The van der Waals surface area contributed by atoms with Gasteiger partial charge in [-0.05, 0) is 32.2 Å². The van der Waals surface area contributed by atoms with Gasteiger partial charge in [-0.1, -0.05) is 6.92 Å². The molecule has 6 nitrogen and oxygen atoms in total. The molecule has 2 rings (SSSR count). The Labute approximate surface area is 120 Å². The number of carbonyl (C=O) groups is 2. The standard InChI is InChI=1S/C14H25N3O3/c1-3-15-13(18)12-9-20-7-6-17(12)14(19)11-8-10(2)4-5-16-11/h10-12,16H,3-9H2,1-2H3,(H,15,18). The Morgan fingerprint density at radius 1 is 1.45 bits per heavy atom. The summed E-state index contributed by atoms with van der Waals surface area (Å²) in [5.41, 5.74) is 0. The monoisotopic (exact) mass is 283 g/mol. The van der Waals surface area contributed by atoms with Crippen molar-refractivity contribution in [3.05, 3.63) is 0 Å². The van der Waals surface area contributed by atoms with Crippen molar-refractivity contribution in [2.75, 3.05) is 32.8 Å². The number of morpholine rings is 1. The van der Waals surface area contributed by atoms with E-state index in [2.05, 4.69) is 17.6 Å². The van der Waals surface area contributed by atoms with Gasteiger partial charge in [0.25, 0.3) is 0 Å². The van der Waals surface area contributed by atoms with Crippen LogP contribution in [0.3, 0.4) is 0 Å². The molecule has 0 aliphatic carbocycles. The number of rotatable bonds is 3. The van der Waals surface area contributed by atoms with Crippen LogP contribution >= 0.6 is 0 Å². The Morgan fingerprint density at radius 3 is 2.95 bits per heavy atom. The van der Waals surface area contributed by atoms with Crippen molar-refractivity contribution in [3.63, 3.8) is 0 Å². The lowest BCUT2D eigenvalue weighted by molar-refractivity contribution is -0.150. The van der Waals surface area contributed by atoms with E-state index < -0.39 is 6.04 Å². The van der Waals surface area contributed by atoms with Crippen LogP contribution in [0.2, 0.25) is 0 Å². The van der Waals surface area contributed by atoms with Gasteiger partial charge in [-0.25, -0.2) is 0 Å². The van der Waals surface area contributed by atoms with Crippen LogP contribution in [-0.2, 0) is 14.3 Å². The Hall–Kier alpha value is -1.14. The number of hydrogen-bond acceptors (Lipinski definition) is 4. The van der Waals surface area contributed by atoms with Crippen molar-refractivity contribution < 1.29 is 14.3 Å². The predicted molar refractivity (Wildman–Crippen MR) is 75.2 cm³/mol. The van der Waals surface area contributed by atoms with E-state index in [1.807, 2.05) is 6.92 Å². The molecule has 2 heterocycles. The Balaban J connectivity index is 2.03. The van der Waals surface area contributed by atoms with E-state index >= 15 is 0 Å². The van der Waals surface area contributed by atoms with Crippen LogP contribution in [-0.4, -0.2) is 61.6 Å². The lowest BCUT2D eigenvalue weighted by Gasteiger charge is -2.38. The van der Waals surface area contributed by atoms with Gasteiger partial charge in [-0.15, -0.1) is 0 Å². The van der Waals surface area contributed by atoms with Crippen LogP contribution in [0.5, 0.6) is 0 Å². The fourth-order valence-electron chi connectivity index (χ4n) is 2.87. The first-order valence-electron chi connectivity index (χ1n) is 7.52. The number of carbonyl (C=O) groups excluding carboxylic acids is 2. The summed E-state index contributed by atoms with van der Waals surface area (Å²) in [4.78, 5) is 26.4. The van der Waals surface area contributed by atoms with Crippen LogP contribution in [0.1, 0.15) is 26.7 Å². The maximum Gasteiger partial charge on any atom is 0.245 e. The number of hydrogen-bond donors (Lipinski definition) is 2. The van der Waals surface area contributed by atoms with Gasteiger partial charge >= 0.3 is 0 Å². The molecule has 3 atom stereocenters. The van der Waals surface area contributed by atoms with Crippen molar-refractivity contribution in [2.45, 2.75) is 38.8 Å². The molecule has 114 valence electrons. The fourth-order valence-corrected chi connectivity index (χ4v) is 2.87. The van der Waals surface area contributed by atoms with Crippen molar-refractivity contribution in [1.82, 2.24) is 15.5 Å². The lowest BCUT2D eigenvalue weighted by Crippen LogP contribution is -2.60. The van der Waals surface area contributed by atoms with Crippen LogP contribution in [0, 0.1) is 5.92 Å². The number of piperidine rings is 1. The number of amides is 2. The molecule has 0 saturated carbocycles. The number of likely N-dealkylation sites (N-methyl/N-ethyl adjacent to an activating group) is 1. The molecular formula is C14H25N3O3. The minimum absolute atomic E-state index is 0.0381. The van der Waals surface area contributed by atoms with Crippen molar-refractivity contribution in [2.24, 2.45) is 5.92 Å². The topological polar surface area (TPSA) is 70.7 Å². The summed E-state index contributed by atoms with van der Waals surface area (Å²) in [7, 11) is 0. The summed E-state index contributed by atoms with van der Waals surface area (Å²) >= 11 is 0. The number of ether oxygens (including phenoxy) is 1. The van der Waals surface area contributed by atoms with E-state index in [9.17, 15) is 9.59 Å². The van der Waals surface area contributed by atoms with E-state index in [1.165, 1.54) is 0 Å². The van der Waals surface area contributed by atoms with Crippen molar-refractivity contribution >= 4 is 11.8 Å². The second kappa shape index (κ2) is 7.04. The molecule has 0 aromatic heterocycles. The quantitative estimate of drug-likeness (QED) is 0.748. The van der Waals surface area contributed by atoms with Gasteiger partial charge in [0, 0.05) is 13.1 Å². The summed E-state index contributed by atoms with van der Waals surface area (Å²) < 4.78 is 5.36. The molecule has 2 fully saturated rings. The average Bonchev–Trinajstić information content (AvgIpc) is 2.47. The van der Waals surface area contributed by atoms with Gasteiger partial charge in [0.15, 0.2) is 0 Å². The van der Waals surface area contributed by atoms with Crippen molar-refractivity contribution in [1.29, 1.82) is 0 Å². The molecule has 20 heavy (non-hydrogen) atoms. The number of nitrogens with one attached hydrogen (secondary N) is 2. The van der Waals surface area contributed by atoms with Crippen LogP contribution in [0.25, 0.3) is 0 Å². The lowest BCUT2D eigenvalue weighted by atomic mass is 9.93. The molecule has 2 N–H and O–H groups in total. The molecule has 2 aliphatic heterocycles. The smallest absolute Gasteiger partial charge is 0.245 e. The Bertz CT molecular complexity index is 362. The highest BCUT2D eigenvalue weighted by Crippen LogP contribution is 2.18. The predicted octanol–water partition coefficient (Wildman–Crippen LogP) is -0.262. The molecule has 0 spiro atoms. The van der Waals surface area contributed by atoms with Gasteiger partial charge in [-0.3, -0.25) is 9.59 Å². The molecule has 0 aromatic carbocycles. The minimum atomic E-state index is -0.491. The summed E-state index contributed by atoms with van der Waals surface area (Å²) in [6.07, 6.45) is 1.95. The van der Waals surface area contributed by atoms with Gasteiger partial charge in [0.05, 0.1) is 19.3 Å². The van der Waals surface area contributed by atoms with Gasteiger partial charge < -0.3 is 20.3 Å². The summed E-state index contributed by atoms with van der Waals surface area (Å²) in [6, 6.07) is -0.649. The molecule has 2 aliphatic rings. The highest BCUT2D eigenvalue weighted by atomic mass is 16.5. The third-order valence-corrected chi connectivity index (χ3v) is 4.03. The van der Waals surface area contributed by atoms with Gasteiger partial charge in [-0.2, -0.15) is 0 Å². The zero-order chi connectivity index (χ0) is 14.5. The number of nitrogens with zero attached hydrogens (tertiary/aromatic N) is 1. The molecule has 6 heteroatoms. The normalized spacial score (nSPS) is 30.9. The highest BCUT2D eigenvalue weighted by molar-refractivity contribution is 5.90. The van der Waals surface area contributed by atoms with Crippen molar-refractivity contribution in [3.8, 4) is 0 Å². The summed E-state index contributed by atoms with van der Waals surface area (Å²) in [5.74, 6) is 0.467.